The van der Waals surface area contributed by atoms with E-state index >= 15 is 0 Å². The van der Waals surface area contributed by atoms with Crippen LogP contribution in [0.25, 0.3) is 6.08 Å². The fourth-order valence-electron chi connectivity index (χ4n) is 4.85. The highest BCUT2D eigenvalue weighted by Crippen LogP contribution is 2.36. The number of quaternary nitrogens is 1. The molecule has 146 valence electrons. The zero-order chi connectivity index (χ0) is 17.5. The lowest BCUT2D eigenvalue weighted by atomic mass is 9.84. The Morgan fingerprint density at radius 2 is 1.65 bits per heavy atom. The van der Waals surface area contributed by atoms with Crippen molar-refractivity contribution in [2.75, 3.05) is 13.1 Å². The second kappa shape index (κ2) is 11.1. The molecule has 0 radical (unpaired) electrons. The zero-order valence-corrected chi connectivity index (χ0v) is 17.7. The van der Waals surface area contributed by atoms with Crippen molar-refractivity contribution in [1.82, 2.24) is 0 Å². The summed E-state index contributed by atoms with van der Waals surface area (Å²) in [7, 11) is 0. The molecule has 2 heteroatoms. The highest BCUT2D eigenvalue weighted by atomic mass is 35.5. The van der Waals surface area contributed by atoms with Crippen LogP contribution in [0.15, 0.2) is 24.3 Å². The molecule has 26 heavy (non-hydrogen) atoms. The topological polar surface area (TPSA) is 4.44 Å². The third-order valence-electron chi connectivity index (χ3n) is 6.40. The second-order valence-corrected chi connectivity index (χ2v) is 8.48. The summed E-state index contributed by atoms with van der Waals surface area (Å²) in [6, 6.07) is 7.59. The van der Waals surface area contributed by atoms with Gasteiger partial charge >= 0.3 is 0 Å². The Kier molecular flexibility index (Phi) is 9.22. The zero-order valence-electron chi connectivity index (χ0n) is 16.9. The number of nitrogens with one attached hydrogen (secondary N) is 1. The van der Waals surface area contributed by atoms with Crippen LogP contribution in [0.5, 0.6) is 0 Å². The normalized spacial score (nSPS) is 20.8. The van der Waals surface area contributed by atoms with Crippen LogP contribution in [0.2, 0.25) is 5.02 Å². The predicted octanol–water partition coefficient (Wildman–Crippen LogP) is 6.09. The molecule has 0 aromatic heterocycles. The van der Waals surface area contributed by atoms with Crippen molar-refractivity contribution in [3.63, 3.8) is 0 Å². The van der Waals surface area contributed by atoms with Gasteiger partial charge in [0, 0.05) is 5.02 Å². The van der Waals surface area contributed by atoms with Crippen LogP contribution >= 0.6 is 11.6 Å². The molecule has 1 atom stereocenters. The Hall–Kier alpha value is -0.790. The standard InChI is InChI=1S/C23H34ClN.CH3/c1-2-25(21-13-7-4-8-14-21)17-9-10-19-15-16-22(23(24)18-19)20-11-5-3-6-12-20;/h9-10,15-16,18,20-21H,2-8,11-14,17H2,1H3;1H3/q;-1/p+1/b10-9-;. The molecule has 0 spiro atoms. The minimum atomic E-state index is 0. The van der Waals surface area contributed by atoms with E-state index in [4.69, 9.17) is 11.6 Å². The number of hydrogen-bond acceptors (Lipinski definition) is 0. The van der Waals surface area contributed by atoms with Gasteiger partial charge in [-0.1, -0.05) is 55.5 Å². The Morgan fingerprint density at radius 3 is 2.27 bits per heavy atom. The Morgan fingerprint density at radius 1 is 1.00 bits per heavy atom. The molecule has 1 aromatic rings. The van der Waals surface area contributed by atoms with Gasteiger partial charge in [-0.2, -0.15) is 0 Å². The number of likely N-dealkylation sites (N-methyl/N-ethyl adjacent to an activating group) is 1. The first kappa shape index (κ1) is 21.5. The van der Waals surface area contributed by atoms with Crippen molar-refractivity contribution in [2.45, 2.75) is 83.1 Å². The highest BCUT2D eigenvalue weighted by Gasteiger charge is 2.22. The molecule has 1 aromatic carbocycles. The molecule has 1 unspecified atom stereocenters. The third kappa shape index (κ3) is 5.86. The van der Waals surface area contributed by atoms with Gasteiger partial charge in [-0.25, -0.2) is 0 Å². The van der Waals surface area contributed by atoms with Gasteiger partial charge in [0.25, 0.3) is 0 Å². The smallest absolute Gasteiger partial charge is 0.0963 e. The van der Waals surface area contributed by atoms with E-state index < -0.39 is 0 Å². The second-order valence-electron chi connectivity index (χ2n) is 8.07. The monoisotopic (exact) mass is 375 g/mol. The van der Waals surface area contributed by atoms with Gasteiger partial charge < -0.3 is 12.3 Å². The highest BCUT2D eigenvalue weighted by molar-refractivity contribution is 6.31. The Bertz CT molecular complexity index is 553. The van der Waals surface area contributed by atoms with Gasteiger partial charge in [0.15, 0.2) is 0 Å². The summed E-state index contributed by atoms with van der Waals surface area (Å²) in [6.07, 6.45) is 18.5. The van der Waals surface area contributed by atoms with Crippen molar-refractivity contribution in [2.24, 2.45) is 0 Å². The summed E-state index contributed by atoms with van der Waals surface area (Å²) in [5.74, 6) is 0.686. The lowest BCUT2D eigenvalue weighted by molar-refractivity contribution is -0.919. The van der Waals surface area contributed by atoms with Gasteiger partial charge in [0.2, 0.25) is 0 Å². The Labute approximate surface area is 166 Å². The lowest BCUT2D eigenvalue weighted by Crippen LogP contribution is -3.15. The average Bonchev–Trinajstić information content (AvgIpc) is 2.67. The van der Waals surface area contributed by atoms with Crippen LogP contribution in [0, 0.1) is 7.43 Å². The lowest BCUT2D eigenvalue weighted by Gasteiger charge is -2.29. The molecular formula is C24H38ClN. The molecule has 0 amide bonds. The molecule has 3 rings (SSSR count). The predicted molar refractivity (Wildman–Crippen MR) is 116 cm³/mol. The largest absolute Gasteiger partial charge is 0.358 e. The molecular weight excluding hydrogens is 338 g/mol. The van der Waals surface area contributed by atoms with E-state index in [-0.39, 0.29) is 7.43 Å². The van der Waals surface area contributed by atoms with Crippen LogP contribution < -0.4 is 4.90 Å². The number of halogens is 1. The van der Waals surface area contributed by atoms with E-state index in [1.807, 2.05) is 0 Å². The first-order chi connectivity index (χ1) is 12.3. The maximum absolute atomic E-state index is 6.61. The Balaban J connectivity index is 0.00000243. The van der Waals surface area contributed by atoms with Crippen LogP contribution in [-0.2, 0) is 0 Å². The minimum absolute atomic E-state index is 0. The fourth-order valence-corrected chi connectivity index (χ4v) is 5.19. The minimum Gasteiger partial charge on any atom is -0.358 e. The van der Waals surface area contributed by atoms with Crippen molar-refractivity contribution in [3.05, 3.63) is 47.9 Å². The molecule has 1 nitrogen and oxygen atoms in total. The number of rotatable bonds is 6. The van der Waals surface area contributed by atoms with Crippen LogP contribution in [0.3, 0.4) is 0 Å². The van der Waals surface area contributed by atoms with Gasteiger partial charge in [0.05, 0.1) is 19.1 Å². The van der Waals surface area contributed by atoms with Gasteiger partial charge in [-0.3, -0.25) is 0 Å². The van der Waals surface area contributed by atoms with Gasteiger partial charge in [0.1, 0.15) is 0 Å². The molecule has 0 heterocycles. The van der Waals surface area contributed by atoms with Crippen molar-refractivity contribution < 1.29 is 4.90 Å². The van der Waals surface area contributed by atoms with E-state index in [9.17, 15) is 0 Å². The molecule has 2 fully saturated rings. The quantitative estimate of drug-likeness (QED) is 0.574. The summed E-state index contributed by atoms with van der Waals surface area (Å²) < 4.78 is 0. The summed E-state index contributed by atoms with van der Waals surface area (Å²) in [5, 5.41) is 0.973. The summed E-state index contributed by atoms with van der Waals surface area (Å²) in [5.41, 5.74) is 2.63. The van der Waals surface area contributed by atoms with E-state index in [2.05, 4.69) is 37.3 Å². The third-order valence-corrected chi connectivity index (χ3v) is 6.72. The molecule has 1 N–H and O–H groups in total. The first-order valence-corrected chi connectivity index (χ1v) is 11.0. The van der Waals surface area contributed by atoms with Crippen molar-refractivity contribution in [3.8, 4) is 0 Å². The van der Waals surface area contributed by atoms with E-state index in [0.29, 0.717) is 5.92 Å². The average molecular weight is 376 g/mol. The maximum atomic E-state index is 6.61. The summed E-state index contributed by atoms with van der Waals surface area (Å²) in [4.78, 5) is 1.75. The van der Waals surface area contributed by atoms with Gasteiger partial charge in [-0.05, 0) is 74.6 Å². The molecule has 2 saturated carbocycles. The number of hydrogen-bond donors (Lipinski definition) is 1. The fraction of sp³-hybridized carbons (Fsp3) is 0.625. The van der Waals surface area contributed by atoms with Crippen molar-refractivity contribution in [1.29, 1.82) is 0 Å². The van der Waals surface area contributed by atoms with E-state index in [1.54, 1.807) is 4.90 Å². The molecule has 0 aliphatic heterocycles. The van der Waals surface area contributed by atoms with Crippen LogP contribution in [-0.4, -0.2) is 19.1 Å². The van der Waals surface area contributed by atoms with Crippen LogP contribution in [0.4, 0.5) is 0 Å². The van der Waals surface area contributed by atoms with Crippen LogP contribution in [0.1, 0.15) is 88.2 Å². The van der Waals surface area contributed by atoms with E-state index in [0.717, 1.165) is 17.6 Å². The summed E-state index contributed by atoms with van der Waals surface area (Å²) >= 11 is 6.61. The maximum Gasteiger partial charge on any atom is 0.0963 e. The van der Waals surface area contributed by atoms with Crippen molar-refractivity contribution >= 4 is 17.7 Å². The van der Waals surface area contributed by atoms with Gasteiger partial charge in [-0.15, -0.1) is 0 Å². The molecule has 0 saturated heterocycles. The number of benzene rings is 1. The SMILES string of the molecule is CC[NH+](C/C=C\c1ccc(C2CCCCC2)c(Cl)c1)C1CCCCC1.[CH3-]. The first-order valence-electron chi connectivity index (χ1n) is 10.6. The molecule has 2 aliphatic carbocycles. The summed E-state index contributed by atoms with van der Waals surface area (Å²) in [6.45, 7) is 4.70. The molecule has 2 aliphatic rings. The van der Waals surface area contributed by atoms with E-state index in [1.165, 1.54) is 81.9 Å². The molecule has 0 bridgehead atoms.